The quantitative estimate of drug-likeness (QED) is 0.749. The van der Waals surface area contributed by atoms with Gasteiger partial charge in [0, 0.05) is 11.3 Å². The second kappa shape index (κ2) is 6.39. The van der Waals surface area contributed by atoms with Crippen molar-refractivity contribution in [3.63, 3.8) is 0 Å². The van der Waals surface area contributed by atoms with Gasteiger partial charge in [0.05, 0.1) is 28.7 Å². The average Bonchev–Trinajstić information content (AvgIpc) is 2.96. The fraction of sp³-hybridized carbons (Fsp3) is 0.0588. The maximum atomic E-state index is 11.1. The van der Waals surface area contributed by atoms with Gasteiger partial charge in [-0.2, -0.15) is 18.8 Å². The van der Waals surface area contributed by atoms with Crippen LogP contribution in [0.25, 0.3) is 16.9 Å². The smallest absolute Gasteiger partial charge is 0.271 e. The van der Waals surface area contributed by atoms with Gasteiger partial charge < -0.3 is 0 Å². The molecule has 7 nitrogen and oxygen atoms in total. The number of hydrogen-bond acceptors (Lipinski definition) is 4. The molecule has 0 amide bonds. The van der Waals surface area contributed by atoms with Crippen LogP contribution in [0.2, 0.25) is 0 Å². The Labute approximate surface area is 145 Å². The Morgan fingerprint density at radius 2 is 1.76 bits per heavy atom. The van der Waals surface area contributed by atoms with Gasteiger partial charge in [-0.25, -0.2) is 9.82 Å². The minimum absolute atomic E-state index is 0.370. The van der Waals surface area contributed by atoms with Crippen LogP contribution in [0.4, 0.5) is 5.69 Å². The number of nitrogens with one attached hydrogen (secondary N) is 1. The molecule has 0 saturated carbocycles. The highest BCUT2D eigenvalue weighted by molar-refractivity contribution is 7.90. The molecule has 8 heteroatoms. The molecule has 0 aliphatic heterocycles. The second-order valence-corrected chi connectivity index (χ2v) is 6.76. The van der Waals surface area contributed by atoms with Crippen molar-refractivity contribution in [2.24, 2.45) is 5.14 Å². The summed E-state index contributed by atoms with van der Waals surface area (Å²) in [6.07, 6.45) is 0. The summed E-state index contributed by atoms with van der Waals surface area (Å²) in [5, 5.41) is 18.4. The number of nitrogens with two attached hydrogens (primary N) is 1. The summed E-state index contributed by atoms with van der Waals surface area (Å²) in [6.45, 7) is 1.89. The van der Waals surface area contributed by atoms with Crippen LogP contribution in [0, 0.1) is 18.3 Å². The largest absolute Gasteiger partial charge is 0.296 e. The van der Waals surface area contributed by atoms with Crippen molar-refractivity contribution in [3.8, 4) is 23.0 Å². The van der Waals surface area contributed by atoms with Crippen molar-refractivity contribution in [2.45, 2.75) is 6.92 Å². The van der Waals surface area contributed by atoms with Gasteiger partial charge in [-0.15, -0.1) is 0 Å². The molecule has 1 aromatic heterocycles. The molecule has 0 unspecified atom stereocenters. The summed E-state index contributed by atoms with van der Waals surface area (Å²) in [6, 6.07) is 18.0. The van der Waals surface area contributed by atoms with E-state index in [1.807, 2.05) is 25.1 Å². The molecule has 0 saturated heterocycles. The number of anilines is 1. The molecule has 1 heterocycles. The molecule has 3 rings (SSSR count). The minimum Gasteiger partial charge on any atom is -0.271 e. The van der Waals surface area contributed by atoms with Crippen LogP contribution in [0.5, 0.6) is 0 Å². The minimum atomic E-state index is -3.81. The fourth-order valence-corrected chi connectivity index (χ4v) is 2.92. The van der Waals surface area contributed by atoms with Crippen LogP contribution >= 0.6 is 0 Å². The molecule has 0 spiro atoms. The molecule has 0 aliphatic carbocycles. The molecular formula is C17H15N5O2S. The van der Waals surface area contributed by atoms with Gasteiger partial charge in [-0.1, -0.05) is 12.1 Å². The monoisotopic (exact) mass is 353 g/mol. The first-order chi connectivity index (χ1) is 11.9. The molecule has 25 heavy (non-hydrogen) atoms. The molecule has 3 aromatic rings. The molecule has 0 fully saturated rings. The number of aryl methyl sites for hydroxylation is 1. The van der Waals surface area contributed by atoms with E-state index in [2.05, 4.69) is 15.9 Å². The van der Waals surface area contributed by atoms with Gasteiger partial charge in [0.25, 0.3) is 10.2 Å². The zero-order valence-electron chi connectivity index (χ0n) is 13.3. The van der Waals surface area contributed by atoms with Gasteiger partial charge in [0.2, 0.25) is 0 Å². The standard InChI is InChI=1S/C17H15N5O2S/c1-12-10-17(14-4-2-13(11-18)3-5-14)22(20-12)16-8-6-15(7-9-16)21-25(19,23)24/h2-10,21H,1H3,(H2,19,23,24). The Morgan fingerprint density at radius 3 is 2.32 bits per heavy atom. The Morgan fingerprint density at radius 1 is 1.12 bits per heavy atom. The molecule has 0 aliphatic rings. The van der Waals surface area contributed by atoms with E-state index in [1.165, 1.54) is 0 Å². The summed E-state index contributed by atoms with van der Waals surface area (Å²) in [7, 11) is -3.81. The molecule has 0 bridgehead atoms. The van der Waals surface area contributed by atoms with E-state index < -0.39 is 10.2 Å². The average molecular weight is 353 g/mol. The highest BCUT2D eigenvalue weighted by Crippen LogP contribution is 2.25. The SMILES string of the molecule is Cc1cc(-c2ccc(C#N)cc2)n(-c2ccc(NS(N)(=O)=O)cc2)n1. The third-order valence-corrected chi connectivity index (χ3v) is 4.03. The van der Waals surface area contributed by atoms with E-state index in [-0.39, 0.29) is 0 Å². The lowest BCUT2D eigenvalue weighted by atomic mass is 10.1. The molecule has 0 atom stereocenters. The summed E-state index contributed by atoms with van der Waals surface area (Å²) in [5.74, 6) is 0. The number of nitrogens with zero attached hydrogens (tertiary/aromatic N) is 3. The van der Waals surface area contributed by atoms with Crippen LogP contribution in [-0.4, -0.2) is 18.2 Å². The first-order valence-corrected chi connectivity index (χ1v) is 8.88. The van der Waals surface area contributed by atoms with Crippen molar-refractivity contribution in [3.05, 3.63) is 65.9 Å². The predicted molar refractivity (Wildman–Crippen MR) is 95.2 cm³/mol. The van der Waals surface area contributed by atoms with Gasteiger partial charge in [0.15, 0.2) is 0 Å². The Hall–Kier alpha value is -3.15. The lowest BCUT2D eigenvalue weighted by Crippen LogP contribution is -2.21. The van der Waals surface area contributed by atoms with Crippen molar-refractivity contribution < 1.29 is 8.42 Å². The number of benzene rings is 2. The van der Waals surface area contributed by atoms with Crippen molar-refractivity contribution in [1.82, 2.24) is 9.78 Å². The van der Waals surface area contributed by atoms with Crippen LogP contribution < -0.4 is 9.86 Å². The van der Waals surface area contributed by atoms with Crippen molar-refractivity contribution in [2.75, 3.05) is 4.72 Å². The van der Waals surface area contributed by atoms with Crippen LogP contribution in [0.15, 0.2) is 54.6 Å². The summed E-state index contributed by atoms with van der Waals surface area (Å²) in [4.78, 5) is 0. The number of aromatic nitrogens is 2. The summed E-state index contributed by atoms with van der Waals surface area (Å²) >= 11 is 0. The summed E-state index contributed by atoms with van der Waals surface area (Å²) < 4.78 is 26.1. The van der Waals surface area contributed by atoms with Gasteiger partial charge in [-0.3, -0.25) is 4.72 Å². The lowest BCUT2D eigenvalue weighted by molar-refractivity contribution is 0.603. The van der Waals surface area contributed by atoms with Gasteiger partial charge >= 0.3 is 0 Å². The molecule has 126 valence electrons. The highest BCUT2D eigenvalue weighted by atomic mass is 32.2. The Bertz CT molecular complexity index is 1050. The third kappa shape index (κ3) is 3.85. The maximum Gasteiger partial charge on any atom is 0.296 e. The van der Waals surface area contributed by atoms with Crippen LogP contribution in [-0.2, 0) is 10.2 Å². The van der Waals surface area contributed by atoms with E-state index in [9.17, 15) is 8.42 Å². The zero-order valence-corrected chi connectivity index (χ0v) is 14.2. The van der Waals surface area contributed by atoms with Crippen LogP contribution in [0.3, 0.4) is 0 Å². The zero-order chi connectivity index (χ0) is 18.0. The highest BCUT2D eigenvalue weighted by Gasteiger charge is 2.10. The number of rotatable bonds is 4. The van der Waals surface area contributed by atoms with E-state index >= 15 is 0 Å². The van der Waals surface area contributed by atoms with E-state index in [4.69, 9.17) is 10.4 Å². The van der Waals surface area contributed by atoms with Crippen LogP contribution in [0.1, 0.15) is 11.3 Å². The Balaban J connectivity index is 1.99. The maximum absolute atomic E-state index is 11.1. The normalized spacial score (nSPS) is 11.1. The number of hydrogen-bond donors (Lipinski definition) is 2. The van der Waals surface area contributed by atoms with Gasteiger partial charge in [0.1, 0.15) is 0 Å². The van der Waals surface area contributed by atoms with Crippen molar-refractivity contribution in [1.29, 1.82) is 5.26 Å². The second-order valence-electron chi connectivity index (χ2n) is 5.47. The topological polar surface area (TPSA) is 114 Å². The summed E-state index contributed by atoms with van der Waals surface area (Å²) in [5.41, 5.74) is 4.36. The van der Waals surface area contributed by atoms with E-state index in [0.717, 1.165) is 22.6 Å². The lowest BCUT2D eigenvalue weighted by Gasteiger charge is -2.09. The third-order valence-electron chi connectivity index (χ3n) is 3.51. The fourth-order valence-electron chi connectivity index (χ4n) is 2.45. The molecular weight excluding hydrogens is 338 g/mol. The Kier molecular flexibility index (Phi) is 4.27. The predicted octanol–water partition coefficient (Wildman–Crippen LogP) is 2.33. The molecule has 2 aromatic carbocycles. The first-order valence-electron chi connectivity index (χ1n) is 7.34. The first kappa shape index (κ1) is 16.7. The number of nitriles is 1. The van der Waals surface area contributed by atoms with E-state index in [1.54, 1.807) is 41.1 Å². The van der Waals surface area contributed by atoms with Crippen molar-refractivity contribution >= 4 is 15.9 Å². The van der Waals surface area contributed by atoms with E-state index in [0.29, 0.717) is 11.3 Å². The molecule has 0 radical (unpaired) electrons. The van der Waals surface area contributed by atoms with Gasteiger partial charge in [-0.05, 0) is 49.4 Å². The molecule has 3 N–H and O–H groups in total.